The standard InChI is InChI=1S/C9H19N3S/c1-11(2)8-4-3-5-12(6-8)7-9(10)13/h8H,3-7H2,1-2H3,(H2,10,13). The van der Waals surface area contributed by atoms with E-state index < -0.39 is 0 Å². The van der Waals surface area contributed by atoms with Crippen molar-refractivity contribution >= 4 is 17.2 Å². The van der Waals surface area contributed by atoms with Crippen LogP contribution < -0.4 is 5.73 Å². The van der Waals surface area contributed by atoms with Crippen molar-refractivity contribution in [3.05, 3.63) is 0 Å². The molecule has 1 aliphatic rings. The van der Waals surface area contributed by atoms with Gasteiger partial charge in [0.05, 0.1) is 4.99 Å². The molecule has 1 rings (SSSR count). The van der Waals surface area contributed by atoms with Gasteiger partial charge in [-0.05, 0) is 33.5 Å². The van der Waals surface area contributed by atoms with Gasteiger partial charge in [-0.2, -0.15) is 0 Å². The molecule has 0 amide bonds. The summed E-state index contributed by atoms with van der Waals surface area (Å²) < 4.78 is 0. The van der Waals surface area contributed by atoms with Crippen molar-refractivity contribution in [2.24, 2.45) is 5.73 Å². The fourth-order valence-electron chi connectivity index (χ4n) is 1.82. The molecule has 1 fully saturated rings. The van der Waals surface area contributed by atoms with E-state index in [2.05, 4.69) is 23.9 Å². The largest absolute Gasteiger partial charge is 0.392 e. The van der Waals surface area contributed by atoms with Crippen LogP contribution in [0, 0.1) is 0 Å². The second-order valence-electron chi connectivity index (χ2n) is 3.96. The van der Waals surface area contributed by atoms with E-state index in [-0.39, 0.29) is 0 Å². The summed E-state index contributed by atoms with van der Waals surface area (Å²) in [5.41, 5.74) is 5.52. The maximum atomic E-state index is 5.52. The molecular formula is C9H19N3S. The number of likely N-dealkylation sites (tertiary alicyclic amines) is 1. The Kier molecular flexibility index (Phi) is 4.09. The topological polar surface area (TPSA) is 32.5 Å². The first-order valence-electron chi connectivity index (χ1n) is 4.76. The van der Waals surface area contributed by atoms with E-state index >= 15 is 0 Å². The quantitative estimate of drug-likeness (QED) is 0.666. The maximum absolute atomic E-state index is 5.52. The van der Waals surface area contributed by atoms with Crippen LogP contribution in [0.2, 0.25) is 0 Å². The third-order valence-corrected chi connectivity index (χ3v) is 2.72. The molecular weight excluding hydrogens is 182 g/mol. The minimum absolute atomic E-state index is 0.611. The summed E-state index contributed by atoms with van der Waals surface area (Å²) in [4.78, 5) is 5.24. The van der Waals surface area contributed by atoms with Gasteiger partial charge in [-0.25, -0.2) is 0 Å². The summed E-state index contributed by atoms with van der Waals surface area (Å²) in [7, 11) is 4.27. The summed E-state index contributed by atoms with van der Waals surface area (Å²) >= 11 is 4.90. The number of thiocarbonyl (C=S) groups is 1. The Morgan fingerprint density at radius 2 is 2.31 bits per heavy atom. The molecule has 1 aliphatic heterocycles. The predicted octanol–water partition coefficient (Wildman–Crippen LogP) is 0.298. The number of nitrogens with two attached hydrogens (primary N) is 1. The van der Waals surface area contributed by atoms with Gasteiger partial charge in [-0.15, -0.1) is 0 Å². The second kappa shape index (κ2) is 4.88. The van der Waals surface area contributed by atoms with Crippen LogP contribution in [0.1, 0.15) is 12.8 Å². The molecule has 4 heteroatoms. The molecule has 1 atom stereocenters. The first kappa shape index (κ1) is 10.9. The Hall–Kier alpha value is -0.190. The summed E-state index contributed by atoms with van der Waals surface area (Å²) in [5, 5.41) is 0. The van der Waals surface area contributed by atoms with Gasteiger partial charge in [0.2, 0.25) is 0 Å². The lowest BCUT2D eigenvalue weighted by atomic mass is 10.1. The third-order valence-electron chi connectivity index (χ3n) is 2.59. The van der Waals surface area contributed by atoms with Gasteiger partial charge in [0.1, 0.15) is 0 Å². The van der Waals surface area contributed by atoms with Crippen LogP contribution in [0.25, 0.3) is 0 Å². The highest BCUT2D eigenvalue weighted by molar-refractivity contribution is 7.80. The molecule has 13 heavy (non-hydrogen) atoms. The van der Waals surface area contributed by atoms with Crippen LogP contribution >= 0.6 is 12.2 Å². The number of hydrogen-bond donors (Lipinski definition) is 1. The van der Waals surface area contributed by atoms with E-state index in [9.17, 15) is 0 Å². The van der Waals surface area contributed by atoms with Crippen LogP contribution in [0.15, 0.2) is 0 Å². The normalized spacial score (nSPS) is 25.0. The zero-order chi connectivity index (χ0) is 9.84. The first-order chi connectivity index (χ1) is 6.09. The number of rotatable bonds is 3. The van der Waals surface area contributed by atoms with Gasteiger partial charge in [0.25, 0.3) is 0 Å². The molecule has 0 bridgehead atoms. The van der Waals surface area contributed by atoms with Gasteiger partial charge in [0.15, 0.2) is 0 Å². The highest BCUT2D eigenvalue weighted by atomic mass is 32.1. The number of hydrogen-bond acceptors (Lipinski definition) is 3. The van der Waals surface area contributed by atoms with Crippen LogP contribution in [-0.2, 0) is 0 Å². The van der Waals surface area contributed by atoms with Crippen LogP contribution in [0.4, 0.5) is 0 Å². The molecule has 0 aromatic carbocycles. The summed E-state index contributed by atoms with van der Waals surface area (Å²) in [6.45, 7) is 3.02. The van der Waals surface area contributed by atoms with Crippen LogP contribution in [0.3, 0.4) is 0 Å². The highest BCUT2D eigenvalue weighted by Gasteiger charge is 2.21. The van der Waals surface area contributed by atoms with Gasteiger partial charge >= 0.3 is 0 Å². The molecule has 1 saturated heterocycles. The molecule has 0 saturated carbocycles. The average Bonchev–Trinajstić information content (AvgIpc) is 2.03. The molecule has 0 aromatic heterocycles. The molecule has 0 aliphatic carbocycles. The SMILES string of the molecule is CN(C)C1CCCN(CC(N)=S)C1. The van der Waals surface area contributed by atoms with Crippen molar-refractivity contribution in [2.75, 3.05) is 33.7 Å². The molecule has 3 nitrogen and oxygen atoms in total. The first-order valence-corrected chi connectivity index (χ1v) is 5.17. The van der Waals surface area contributed by atoms with Gasteiger partial charge in [-0.3, -0.25) is 4.90 Å². The number of nitrogens with zero attached hydrogens (tertiary/aromatic N) is 2. The zero-order valence-electron chi connectivity index (χ0n) is 8.49. The van der Waals surface area contributed by atoms with E-state index in [0.29, 0.717) is 11.0 Å². The van der Waals surface area contributed by atoms with E-state index in [1.54, 1.807) is 0 Å². The number of piperidine rings is 1. The molecule has 1 unspecified atom stereocenters. The van der Waals surface area contributed by atoms with Crippen molar-refractivity contribution in [3.8, 4) is 0 Å². The summed E-state index contributed by atoms with van der Waals surface area (Å²) in [6.07, 6.45) is 2.55. The minimum atomic E-state index is 0.611. The fourth-order valence-corrected chi connectivity index (χ4v) is 2.00. The Labute approximate surface area is 85.9 Å². The smallest absolute Gasteiger partial charge is 0.0870 e. The van der Waals surface area contributed by atoms with Crippen molar-refractivity contribution in [3.63, 3.8) is 0 Å². The van der Waals surface area contributed by atoms with Crippen molar-refractivity contribution < 1.29 is 0 Å². The molecule has 1 heterocycles. The third kappa shape index (κ3) is 3.58. The lowest BCUT2D eigenvalue weighted by molar-refractivity contribution is 0.147. The van der Waals surface area contributed by atoms with Crippen molar-refractivity contribution in [1.82, 2.24) is 9.80 Å². The molecule has 0 aromatic rings. The predicted molar refractivity (Wildman–Crippen MR) is 59.9 cm³/mol. The van der Waals surface area contributed by atoms with E-state index in [4.69, 9.17) is 18.0 Å². The Morgan fingerprint density at radius 1 is 1.62 bits per heavy atom. The Bertz CT molecular complexity index is 182. The van der Waals surface area contributed by atoms with Gasteiger partial charge in [0, 0.05) is 19.1 Å². The van der Waals surface area contributed by atoms with E-state index in [1.165, 1.54) is 12.8 Å². The summed E-state index contributed by atoms with van der Waals surface area (Å²) in [5.74, 6) is 0. The zero-order valence-corrected chi connectivity index (χ0v) is 9.31. The van der Waals surface area contributed by atoms with E-state index in [1.807, 2.05) is 0 Å². The molecule has 76 valence electrons. The fraction of sp³-hybridized carbons (Fsp3) is 0.889. The molecule has 2 N–H and O–H groups in total. The van der Waals surface area contributed by atoms with Crippen LogP contribution in [0.5, 0.6) is 0 Å². The lowest BCUT2D eigenvalue weighted by Crippen LogP contribution is -2.47. The van der Waals surface area contributed by atoms with Gasteiger partial charge in [-0.1, -0.05) is 12.2 Å². The molecule has 0 spiro atoms. The van der Waals surface area contributed by atoms with Crippen LogP contribution in [-0.4, -0.2) is 54.6 Å². The van der Waals surface area contributed by atoms with E-state index in [0.717, 1.165) is 19.6 Å². The average molecular weight is 201 g/mol. The summed E-state index contributed by atoms with van der Waals surface area (Å²) in [6, 6.07) is 0.670. The second-order valence-corrected chi connectivity index (χ2v) is 4.49. The van der Waals surface area contributed by atoms with Crippen molar-refractivity contribution in [2.45, 2.75) is 18.9 Å². The molecule has 0 radical (unpaired) electrons. The lowest BCUT2D eigenvalue weighted by Gasteiger charge is -2.35. The maximum Gasteiger partial charge on any atom is 0.0870 e. The monoisotopic (exact) mass is 201 g/mol. The Morgan fingerprint density at radius 3 is 2.85 bits per heavy atom. The van der Waals surface area contributed by atoms with Crippen molar-refractivity contribution in [1.29, 1.82) is 0 Å². The Balaban J connectivity index is 2.37. The van der Waals surface area contributed by atoms with Gasteiger partial charge < -0.3 is 10.6 Å². The highest BCUT2D eigenvalue weighted by Crippen LogP contribution is 2.12. The minimum Gasteiger partial charge on any atom is -0.392 e. The number of likely N-dealkylation sites (N-methyl/N-ethyl adjacent to an activating group) is 1.